The van der Waals surface area contributed by atoms with Gasteiger partial charge in [-0.3, -0.25) is 13.9 Å². The quantitative estimate of drug-likeness (QED) is 0.279. The topological polar surface area (TPSA) is 52.6 Å². The lowest BCUT2D eigenvalue weighted by atomic mass is 11.7. The van der Waals surface area contributed by atoms with Crippen LogP contribution >= 0.6 is 19.4 Å². The first-order chi connectivity index (χ1) is 4.62. The average molecular weight is 184 g/mol. The molecule has 0 radical (unpaired) electrons. The number of hydrogen-bond acceptors (Lipinski definition) is 5. The van der Waals surface area contributed by atoms with Crippen LogP contribution in [0.4, 0.5) is 0 Å². The smallest absolute Gasteiger partial charge is 0.312 e. The van der Waals surface area contributed by atoms with Crippen molar-refractivity contribution < 1.29 is 18.4 Å². The van der Waals surface area contributed by atoms with Crippen molar-refractivity contribution in [2.75, 3.05) is 19.7 Å². The summed E-state index contributed by atoms with van der Waals surface area (Å²) in [6.07, 6.45) is 0. The Morgan fingerprint density at radius 1 is 1.70 bits per heavy atom. The Morgan fingerprint density at radius 3 is 2.70 bits per heavy atom. The summed E-state index contributed by atoms with van der Waals surface area (Å²) >= 11 is 0.895. The minimum atomic E-state index is -2.88. The minimum Gasteiger partial charge on any atom is -0.312 e. The summed E-state index contributed by atoms with van der Waals surface area (Å²) in [6.45, 7) is 1.35. The van der Waals surface area contributed by atoms with Crippen LogP contribution in [0, 0.1) is 0 Å². The van der Waals surface area contributed by atoms with E-state index in [1.54, 1.807) is 0 Å². The van der Waals surface area contributed by atoms with Crippen molar-refractivity contribution in [1.82, 2.24) is 0 Å². The van der Waals surface area contributed by atoms with Gasteiger partial charge in [0.05, 0.1) is 0 Å². The molecule has 0 aliphatic heterocycles. The average Bonchev–Trinajstić information content (AvgIpc) is 1.89. The van der Waals surface area contributed by atoms with E-state index in [2.05, 4.69) is 9.05 Å². The van der Waals surface area contributed by atoms with Gasteiger partial charge in [-0.05, 0) is 0 Å². The predicted molar refractivity (Wildman–Crippen MR) is 40.8 cm³/mol. The van der Waals surface area contributed by atoms with Crippen molar-refractivity contribution in [3.63, 3.8) is 0 Å². The summed E-state index contributed by atoms with van der Waals surface area (Å²) < 4.78 is 20.1. The summed E-state index contributed by atoms with van der Waals surface area (Å²) in [5.41, 5.74) is 0.621. The van der Waals surface area contributed by atoms with Gasteiger partial charge in [0, 0.05) is 13.8 Å². The minimum absolute atomic E-state index is 0.0745. The van der Waals surface area contributed by atoms with Crippen molar-refractivity contribution in [1.29, 1.82) is 0 Å². The van der Waals surface area contributed by atoms with E-state index in [1.807, 2.05) is 0 Å². The molecule has 0 aliphatic carbocycles. The van der Waals surface area contributed by atoms with Crippen molar-refractivity contribution in [2.45, 2.75) is 0 Å². The molecule has 4 nitrogen and oxygen atoms in total. The molecule has 0 aromatic rings. The second-order valence-corrected chi connectivity index (χ2v) is 4.39. The second kappa shape index (κ2) is 4.91. The van der Waals surface area contributed by atoms with Gasteiger partial charge in [0.2, 0.25) is 0 Å². The molecule has 0 aromatic carbocycles. The predicted octanol–water partition coefficient (Wildman–Crippen LogP) is 1.35. The van der Waals surface area contributed by atoms with Crippen LogP contribution in [0.2, 0.25) is 0 Å². The maximum Gasteiger partial charge on any atom is 0.328 e. The molecule has 0 aliphatic rings. The third kappa shape index (κ3) is 4.99. The van der Waals surface area contributed by atoms with E-state index in [4.69, 9.17) is 0 Å². The molecule has 0 bridgehead atoms. The lowest BCUT2D eigenvalue weighted by molar-refractivity contribution is 0.274. The van der Waals surface area contributed by atoms with E-state index in [0.717, 1.165) is 11.8 Å². The van der Waals surface area contributed by atoms with Gasteiger partial charge in [-0.1, -0.05) is 11.8 Å². The summed E-state index contributed by atoms with van der Waals surface area (Å²) in [6, 6.07) is 0. The highest BCUT2D eigenvalue weighted by Gasteiger charge is 2.12. The lowest BCUT2D eigenvalue weighted by Gasteiger charge is -2.08. The van der Waals surface area contributed by atoms with Gasteiger partial charge in [-0.15, -0.1) is 0 Å². The molecular weight excluding hydrogens is 175 g/mol. The van der Waals surface area contributed by atoms with Crippen molar-refractivity contribution in [3.8, 4) is 0 Å². The summed E-state index contributed by atoms with van der Waals surface area (Å²) in [5, 5.41) is 0. The molecule has 1 atom stereocenters. The van der Waals surface area contributed by atoms with Crippen LogP contribution in [0.5, 0.6) is 0 Å². The number of carbonyl (C=O) groups is 1. The SMILES string of the molecule is COP(C)(=O)OCSC=O. The summed E-state index contributed by atoms with van der Waals surface area (Å²) in [5.74, 6) is 0.0745. The fourth-order valence-electron chi connectivity index (χ4n) is 0.207. The largest absolute Gasteiger partial charge is 0.328 e. The molecule has 0 rings (SSSR count). The first-order valence-electron chi connectivity index (χ1n) is 2.45. The summed E-state index contributed by atoms with van der Waals surface area (Å²) in [4.78, 5) is 9.73. The third-order valence-electron chi connectivity index (χ3n) is 0.755. The number of thioether (sulfide) groups is 1. The first-order valence-corrected chi connectivity index (χ1v) is 5.49. The molecule has 0 spiro atoms. The second-order valence-electron chi connectivity index (χ2n) is 1.46. The number of hydrogen-bond donors (Lipinski definition) is 0. The molecule has 0 saturated carbocycles. The standard InChI is InChI=1S/C4H9O4PS/c1-7-9(2,6)8-4-10-3-5/h3H,4H2,1-2H3. The highest BCUT2D eigenvalue weighted by Crippen LogP contribution is 2.43. The third-order valence-corrected chi connectivity index (χ3v) is 2.58. The summed E-state index contributed by atoms with van der Waals surface area (Å²) in [7, 11) is -1.58. The Bertz CT molecular complexity index is 148. The van der Waals surface area contributed by atoms with Crippen LogP contribution in [-0.4, -0.2) is 25.3 Å². The van der Waals surface area contributed by atoms with Gasteiger partial charge >= 0.3 is 7.60 Å². The first kappa shape index (κ1) is 10.2. The molecule has 0 N–H and O–H groups in total. The Balaban J connectivity index is 3.47. The molecule has 6 heteroatoms. The monoisotopic (exact) mass is 184 g/mol. The zero-order chi connectivity index (χ0) is 8.04. The highest BCUT2D eigenvalue weighted by atomic mass is 32.2. The van der Waals surface area contributed by atoms with E-state index in [-0.39, 0.29) is 5.94 Å². The van der Waals surface area contributed by atoms with Crippen LogP contribution in [0.1, 0.15) is 0 Å². The molecule has 0 heterocycles. The van der Waals surface area contributed by atoms with Gasteiger partial charge in [-0.2, -0.15) is 0 Å². The normalized spacial score (nSPS) is 16.2. The highest BCUT2D eigenvalue weighted by molar-refractivity contribution is 8.11. The van der Waals surface area contributed by atoms with E-state index in [0.29, 0.717) is 5.62 Å². The Kier molecular flexibility index (Phi) is 4.99. The van der Waals surface area contributed by atoms with Gasteiger partial charge in [0.15, 0.2) is 5.62 Å². The fraction of sp³-hybridized carbons (Fsp3) is 0.750. The van der Waals surface area contributed by atoms with E-state index in [9.17, 15) is 9.36 Å². The Labute approximate surface area is 63.8 Å². The van der Waals surface area contributed by atoms with E-state index >= 15 is 0 Å². The zero-order valence-corrected chi connectivity index (χ0v) is 7.48. The van der Waals surface area contributed by atoms with Crippen molar-refractivity contribution in [2.24, 2.45) is 0 Å². The van der Waals surface area contributed by atoms with Gasteiger partial charge in [0.1, 0.15) is 5.94 Å². The van der Waals surface area contributed by atoms with Crippen molar-refractivity contribution in [3.05, 3.63) is 0 Å². The fourth-order valence-corrected chi connectivity index (χ4v) is 1.38. The van der Waals surface area contributed by atoms with Crippen LogP contribution in [-0.2, 0) is 18.4 Å². The molecule has 0 fully saturated rings. The van der Waals surface area contributed by atoms with E-state index < -0.39 is 7.60 Å². The zero-order valence-electron chi connectivity index (χ0n) is 5.77. The molecule has 0 saturated heterocycles. The molecule has 10 heavy (non-hydrogen) atoms. The maximum absolute atomic E-state index is 10.9. The lowest BCUT2D eigenvalue weighted by Crippen LogP contribution is -1.89. The number of carbonyl (C=O) groups excluding carboxylic acids is 1. The molecule has 1 unspecified atom stereocenters. The van der Waals surface area contributed by atoms with Gasteiger partial charge < -0.3 is 4.52 Å². The molecule has 0 amide bonds. The van der Waals surface area contributed by atoms with Gasteiger partial charge in [-0.25, -0.2) is 0 Å². The molecule has 0 aromatic heterocycles. The van der Waals surface area contributed by atoms with Crippen LogP contribution in [0.15, 0.2) is 0 Å². The maximum atomic E-state index is 10.9. The van der Waals surface area contributed by atoms with Gasteiger partial charge in [0.25, 0.3) is 0 Å². The number of rotatable bonds is 5. The van der Waals surface area contributed by atoms with Crippen LogP contribution in [0.3, 0.4) is 0 Å². The van der Waals surface area contributed by atoms with Crippen LogP contribution < -0.4 is 0 Å². The Hall–Kier alpha value is 0.170. The molecular formula is C4H9O4PS. The molecule has 60 valence electrons. The Morgan fingerprint density at radius 2 is 2.30 bits per heavy atom. The van der Waals surface area contributed by atoms with E-state index in [1.165, 1.54) is 13.8 Å². The van der Waals surface area contributed by atoms with Crippen molar-refractivity contribution >= 4 is 25.0 Å². The van der Waals surface area contributed by atoms with Crippen LogP contribution in [0.25, 0.3) is 0 Å².